The summed E-state index contributed by atoms with van der Waals surface area (Å²) in [6.07, 6.45) is 3.90. The van der Waals surface area contributed by atoms with Crippen LogP contribution >= 0.6 is 0 Å². The molecule has 0 spiro atoms. The minimum absolute atomic E-state index is 0.104. The Hall–Kier alpha value is -1.13. The highest BCUT2D eigenvalue weighted by Crippen LogP contribution is 2.14. The maximum atomic E-state index is 5.23. The molecule has 1 aromatic rings. The standard InChI is InChI=1S/C14H25N3O/c1-11(18-5)8-16-13-6-7-15-9-12(13)10-17-14(2,3)4/h6-7,9,11,17H,8,10H2,1-5H3,(H,15,16). The summed E-state index contributed by atoms with van der Waals surface area (Å²) in [5.74, 6) is 0. The van der Waals surface area contributed by atoms with Crippen LogP contribution < -0.4 is 10.6 Å². The van der Waals surface area contributed by atoms with Gasteiger partial charge in [-0.25, -0.2) is 0 Å². The molecule has 0 saturated carbocycles. The van der Waals surface area contributed by atoms with Crippen LogP contribution in [0.4, 0.5) is 5.69 Å². The number of rotatable bonds is 6. The first-order chi connectivity index (χ1) is 8.42. The zero-order valence-corrected chi connectivity index (χ0v) is 12.1. The van der Waals surface area contributed by atoms with Crippen LogP contribution in [0.25, 0.3) is 0 Å². The molecule has 0 radical (unpaired) electrons. The highest BCUT2D eigenvalue weighted by atomic mass is 16.5. The molecule has 4 heteroatoms. The van der Waals surface area contributed by atoms with Gasteiger partial charge in [-0.15, -0.1) is 0 Å². The van der Waals surface area contributed by atoms with Gasteiger partial charge in [0.2, 0.25) is 0 Å². The van der Waals surface area contributed by atoms with E-state index in [9.17, 15) is 0 Å². The van der Waals surface area contributed by atoms with Crippen molar-refractivity contribution >= 4 is 5.69 Å². The van der Waals surface area contributed by atoms with E-state index in [0.717, 1.165) is 18.8 Å². The van der Waals surface area contributed by atoms with E-state index in [1.54, 1.807) is 13.3 Å². The van der Waals surface area contributed by atoms with Gasteiger partial charge in [-0.05, 0) is 33.8 Å². The highest BCUT2D eigenvalue weighted by molar-refractivity contribution is 5.49. The Labute approximate surface area is 110 Å². The average Bonchev–Trinajstić information content (AvgIpc) is 2.33. The van der Waals surface area contributed by atoms with E-state index in [4.69, 9.17) is 4.74 Å². The molecule has 18 heavy (non-hydrogen) atoms. The zero-order chi connectivity index (χ0) is 13.6. The van der Waals surface area contributed by atoms with Crippen LogP contribution in [0, 0.1) is 0 Å². The molecule has 0 aromatic carbocycles. The van der Waals surface area contributed by atoms with E-state index < -0.39 is 0 Å². The molecule has 1 heterocycles. The number of hydrogen-bond acceptors (Lipinski definition) is 4. The van der Waals surface area contributed by atoms with Crippen molar-refractivity contribution in [2.45, 2.75) is 45.9 Å². The lowest BCUT2D eigenvalue weighted by Crippen LogP contribution is -2.35. The summed E-state index contributed by atoms with van der Waals surface area (Å²) >= 11 is 0. The van der Waals surface area contributed by atoms with E-state index in [0.29, 0.717) is 0 Å². The molecule has 0 fully saturated rings. The molecule has 2 N–H and O–H groups in total. The van der Waals surface area contributed by atoms with Crippen molar-refractivity contribution in [1.29, 1.82) is 0 Å². The van der Waals surface area contributed by atoms with Gasteiger partial charge in [0.25, 0.3) is 0 Å². The second kappa shape index (κ2) is 6.71. The molecule has 0 aliphatic carbocycles. The summed E-state index contributed by atoms with van der Waals surface area (Å²) < 4.78 is 5.23. The number of aromatic nitrogens is 1. The van der Waals surface area contributed by atoms with Gasteiger partial charge >= 0.3 is 0 Å². The van der Waals surface area contributed by atoms with Crippen molar-refractivity contribution < 1.29 is 4.74 Å². The number of pyridine rings is 1. The summed E-state index contributed by atoms with van der Waals surface area (Å²) in [5, 5.41) is 6.86. The van der Waals surface area contributed by atoms with Crippen LogP contribution in [0.2, 0.25) is 0 Å². The lowest BCUT2D eigenvalue weighted by Gasteiger charge is -2.22. The van der Waals surface area contributed by atoms with E-state index in [-0.39, 0.29) is 11.6 Å². The molecular weight excluding hydrogens is 226 g/mol. The van der Waals surface area contributed by atoms with Crippen molar-refractivity contribution in [3.8, 4) is 0 Å². The Morgan fingerprint density at radius 3 is 2.72 bits per heavy atom. The molecule has 0 bridgehead atoms. The molecule has 0 saturated heterocycles. The van der Waals surface area contributed by atoms with Crippen molar-refractivity contribution in [1.82, 2.24) is 10.3 Å². The molecule has 1 unspecified atom stereocenters. The molecule has 102 valence electrons. The van der Waals surface area contributed by atoms with Gasteiger partial charge in [0.15, 0.2) is 0 Å². The van der Waals surface area contributed by atoms with Crippen LogP contribution in [0.3, 0.4) is 0 Å². The lowest BCUT2D eigenvalue weighted by molar-refractivity contribution is 0.129. The van der Waals surface area contributed by atoms with Gasteiger partial charge in [0, 0.05) is 49.4 Å². The fraction of sp³-hybridized carbons (Fsp3) is 0.643. The van der Waals surface area contributed by atoms with Gasteiger partial charge in [-0.1, -0.05) is 0 Å². The predicted molar refractivity (Wildman–Crippen MR) is 75.8 cm³/mol. The molecule has 1 atom stereocenters. The Bertz CT molecular complexity index is 360. The zero-order valence-electron chi connectivity index (χ0n) is 12.1. The minimum Gasteiger partial charge on any atom is -0.382 e. The Morgan fingerprint density at radius 2 is 2.11 bits per heavy atom. The van der Waals surface area contributed by atoms with Gasteiger partial charge in [0.05, 0.1) is 6.10 Å². The average molecular weight is 251 g/mol. The van der Waals surface area contributed by atoms with Crippen LogP contribution in [0.15, 0.2) is 18.5 Å². The first kappa shape index (κ1) is 14.9. The Morgan fingerprint density at radius 1 is 1.39 bits per heavy atom. The van der Waals surface area contributed by atoms with Crippen LogP contribution in [-0.4, -0.2) is 30.3 Å². The molecule has 0 amide bonds. The summed E-state index contributed by atoms with van der Waals surface area (Å²) in [5.41, 5.74) is 2.40. The topological polar surface area (TPSA) is 46.2 Å². The summed E-state index contributed by atoms with van der Waals surface area (Å²) in [6.45, 7) is 10.1. The van der Waals surface area contributed by atoms with E-state index >= 15 is 0 Å². The lowest BCUT2D eigenvalue weighted by atomic mass is 10.1. The Kier molecular flexibility index (Phi) is 5.56. The molecular formula is C14H25N3O. The second-order valence-electron chi connectivity index (χ2n) is 5.56. The van der Waals surface area contributed by atoms with Gasteiger partial charge in [0.1, 0.15) is 0 Å². The van der Waals surface area contributed by atoms with Crippen LogP contribution in [0.5, 0.6) is 0 Å². The highest BCUT2D eigenvalue weighted by Gasteiger charge is 2.10. The maximum absolute atomic E-state index is 5.23. The van der Waals surface area contributed by atoms with Crippen molar-refractivity contribution in [3.05, 3.63) is 24.0 Å². The number of ether oxygens (including phenoxy) is 1. The smallest absolute Gasteiger partial charge is 0.0715 e. The minimum atomic E-state index is 0.104. The number of nitrogens with one attached hydrogen (secondary N) is 2. The molecule has 0 aliphatic rings. The predicted octanol–water partition coefficient (Wildman–Crippen LogP) is 2.42. The van der Waals surface area contributed by atoms with Crippen LogP contribution in [-0.2, 0) is 11.3 Å². The van der Waals surface area contributed by atoms with Crippen molar-refractivity contribution in [2.24, 2.45) is 0 Å². The third-order valence-electron chi connectivity index (χ3n) is 2.70. The third-order valence-corrected chi connectivity index (χ3v) is 2.70. The van der Waals surface area contributed by atoms with Gasteiger partial charge in [-0.2, -0.15) is 0 Å². The monoisotopic (exact) mass is 251 g/mol. The van der Waals surface area contributed by atoms with Crippen molar-refractivity contribution in [2.75, 3.05) is 19.0 Å². The molecule has 1 aromatic heterocycles. The van der Waals surface area contributed by atoms with E-state index in [2.05, 4.69) is 36.4 Å². The van der Waals surface area contributed by atoms with Gasteiger partial charge in [-0.3, -0.25) is 4.98 Å². The van der Waals surface area contributed by atoms with Crippen molar-refractivity contribution in [3.63, 3.8) is 0 Å². The molecule has 1 rings (SSSR count). The fourth-order valence-electron chi connectivity index (χ4n) is 1.44. The van der Waals surface area contributed by atoms with E-state index in [1.165, 1.54) is 5.56 Å². The normalized spacial score (nSPS) is 13.4. The summed E-state index contributed by atoms with van der Waals surface area (Å²) in [4.78, 5) is 4.18. The summed E-state index contributed by atoms with van der Waals surface area (Å²) in [6, 6.07) is 2.00. The van der Waals surface area contributed by atoms with Gasteiger partial charge < -0.3 is 15.4 Å². The number of nitrogens with zero attached hydrogens (tertiary/aromatic N) is 1. The molecule has 4 nitrogen and oxygen atoms in total. The maximum Gasteiger partial charge on any atom is 0.0715 e. The number of anilines is 1. The van der Waals surface area contributed by atoms with Crippen LogP contribution in [0.1, 0.15) is 33.3 Å². The Balaban J connectivity index is 2.62. The SMILES string of the molecule is COC(C)CNc1ccncc1CNC(C)(C)C. The quantitative estimate of drug-likeness (QED) is 0.815. The number of methoxy groups -OCH3 is 1. The molecule has 0 aliphatic heterocycles. The largest absolute Gasteiger partial charge is 0.382 e. The fourth-order valence-corrected chi connectivity index (χ4v) is 1.44. The number of hydrogen-bond donors (Lipinski definition) is 2. The third kappa shape index (κ3) is 5.47. The van der Waals surface area contributed by atoms with E-state index in [1.807, 2.05) is 19.2 Å². The summed E-state index contributed by atoms with van der Waals surface area (Å²) in [7, 11) is 1.72. The first-order valence-corrected chi connectivity index (χ1v) is 6.37. The first-order valence-electron chi connectivity index (χ1n) is 6.37. The second-order valence-corrected chi connectivity index (χ2v) is 5.56.